The van der Waals surface area contributed by atoms with Crippen molar-refractivity contribution < 1.29 is 4.74 Å². The smallest absolute Gasteiger partial charge is 0.118 e. The Morgan fingerprint density at radius 2 is 1.88 bits per heavy atom. The molecule has 1 atom stereocenters. The molecule has 1 aliphatic carbocycles. The number of ether oxygens (including phenoxy) is 1. The Hall–Kier alpha value is -1.02. The van der Waals surface area contributed by atoms with Crippen molar-refractivity contribution in [3.05, 3.63) is 29.8 Å². The molecule has 0 heterocycles. The minimum absolute atomic E-state index is 0.647. The maximum absolute atomic E-state index is 5.77. The lowest BCUT2D eigenvalue weighted by atomic mass is 9.82. The first-order valence-electron chi connectivity index (χ1n) is 6.69. The van der Waals surface area contributed by atoms with E-state index >= 15 is 0 Å². The van der Waals surface area contributed by atoms with Crippen molar-refractivity contribution in [2.45, 2.75) is 38.0 Å². The lowest BCUT2D eigenvalue weighted by Gasteiger charge is -2.23. The lowest BCUT2D eigenvalue weighted by Crippen LogP contribution is -2.14. The average molecular weight is 233 g/mol. The van der Waals surface area contributed by atoms with Crippen LogP contribution in [-0.4, -0.2) is 13.7 Å². The van der Waals surface area contributed by atoms with Crippen molar-refractivity contribution in [3.8, 4) is 5.75 Å². The fourth-order valence-corrected chi connectivity index (χ4v) is 3.06. The Bertz CT molecular complexity index is 327. The maximum atomic E-state index is 5.77. The van der Waals surface area contributed by atoms with Crippen LogP contribution in [0.4, 0.5) is 0 Å². The summed E-state index contributed by atoms with van der Waals surface area (Å²) in [5, 5.41) is 0. The van der Waals surface area contributed by atoms with Crippen LogP contribution in [0.1, 0.15) is 43.6 Å². The van der Waals surface area contributed by atoms with Gasteiger partial charge in [-0.25, -0.2) is 0 Å². The van der Waals surface area contributed by atoms with Crippen LogP contribution in [0, 0.1) is 5.92 Å². The minimum Gasteiger partial charge on any atom is -0.497 e. The molecule has 2 nitrogen and oxygen atoms in total. The highest BCUT2D eigenvalue weighted by Gasteiger charge is 2.25. The van der Waals surface area contributed by atoms with Crippen LogP contribution in [0.15, 0.2) is 24.3 Å². The maximum Gasteiger partial charge on any atom is 0.118 e. The van der Waals surface area contributed by atoms with Crippen LogP contribution >= 0.6 is 0 Å². The van der Waals surface area contributed by atoms with Gasteiger partial charge in [0.2, 0.25) is 0 Å². The van der Waals surface area contributed by atoms with Crippen LogP contribution in [-0.2, 0) is 0 Å². The van der Waals surface area contributed by atoms with Gasteiger partial charge in [-0.05, 0) is 55.3 Å². The fraction of sp³-hybridized carbons (Fsp3) is 0.600. The summed E-state index contributed by atoms with van der Waals surface area (Å²) < 4.78 is 5.21. The second-order valence-electron chi connectivity index (χ2n) is 5.00. The molecule has 2 N–H and O–H groups in total. The van der Waals surface area contributed by atoms with E-state index in [2.05, 4.69) is 24.3 Å². The Balaban J connectivity index is 2.12. The Morgan fingerprint density at radius 3 is 2.41 bits per heavy atom. The van der Waals surface area contributed by atoms with Crippen LogP contribution in [0.5, 0.6) is 5.75 Å². The highest BCUT2D eigenvalue weighted by Crippen LogP contribution is 2.39. The predicted molar refractivity (Wildman–Crippen MR) is 71.4 cm³/mol. The normalized spacial score (nSPS) is 18.2. The zero-order valence-electron chi connectivity index (χ0n) is 10.7. The summed E-state index contributed by atoms with van der Waals surface area (Å²) in [4.78, 5) is 0. The quantitative estimate of drug-likeness (QED) is 0.846. The summed E-state index contributed by atoms with van der Waals surface area (Å²) >= 11 is 0. The van der Waals surface area contributed by atoms with Crippen molar-refractivity contribution in [1.29, 1.82) is 0 Å². The zero-order valence-corrected chi connectivity index (χ0v) is 10.7. The number of hydrogen-bond donors (Lipinski definition) is 1. The van der Waals surface area contributed by atoms with E-state index in [4.69, 9.17) is 10.5 Å². The number of methoxy groups -OCH3 is 1. The van der Waals surface area contributed by atoms with Crippen molar-refractivity contribution in [3.63, 3.8) is 0 Å². The van der Waals surface area contributed by atoms with Crippen molar-refractivity contribution >= 4 is 0 Å². The topological polar surface area (TPSA) is 35.2 Å². The van der Waals surface area contributed by atoms with Crippen LogP contribution in [0.25, 0.3) is 0 Å². The van der Waals surface area contributed by atoms with E-state index in [1.807, 2.05) is 0 Å². The third-order valence-corrected chi connectivity index (χ3v) is 3.99. The average Bonchev–Trinajstić information content (AvgIpc) is 2.90. The summed E-state index contributed by atoms with van der Waals surface area (Å²) in [6.07, 6.45) is 6.63. The van der Waals surface area contributed by atoms with Crippen LogP contribution < -0.4 is 10.5 Å². The first-order valence-corrected chi connectivity index (χ1v) is 6.69. The van der Waals surface area contributed by atoms with Gasteiger partial charge in [-0.2, -0.15) is 0 Å². The van der Waals surface area contributed by atoms with Gasteiger partial charge in [0.25, 0.3) is 0 Å². The second kappa shape index (κ2) is 6.06. The molecule has 2 heteroatoms. The monoisotopic (exact) mass is 233 g/mol. The summed E-state index contributed by atoms with van der Waals surface area (Å²) in [5.74, 6) is 2.42. The molecule has 0 radical (unpaired) electrons. The molecule has 1 unspecified atom stereocenters. The van der Waals surface area contributed by atoms with Crippen LogP contribution in [0.3, 0.4) is 0 Å². The highest BCUT2D eigenvalue weighted by molar-refractivity contribution is 5.30. The molecule has 1 aromatic rings. The third kappa shape index (κ3) is 3.01. The van der Waals surface area contributed by atoms with Crippen molar-refractivity contribution in [2.24, 2.45) is 11.7 Å². The van der Waals surface area contributed by atoms with Crippen LogP contribution in [0.2, 0.25) is 0 Å². The Labute approximate surface area is 104 Å². The van der Waals surface area contributed by atoms with E-state index in [0.717, 1.165) is 24.6 Å². The molecule has 0 bridgehead atoms. The van der Waals surface area contributed by atoms with Gasteiger partial charge in [0.1, 0.15) is 5.75 Å². The molecular weight excluding hydrogens is 210 g/mol. The van der Waals surface area contributed by atoms with Crippen molar-refractivity contribution in [2.75, 3.05) is 13.7 Å². The second-order valence-corrected chi connectivity index (χ2v) is 5.00. The molecule has 2 rings (SSSR count). The van der Waals surface area contributed by atoms with E-state index in [9.17, 15) is 0 Å². The predicted octanol–water partition coefficient (Wildman–Crippen LogP) is 3.32. The Morgan fingerprint density at radius 1 is 1.24 bits per heavy atom. The van der Waals surface area contributed by atoms with Gasteiger partial charge in [0.05, 0.1) is 7.11 Å². The number of benzene rings is 1. The fourth-order valence-electron chi connectivity index (χ4n) is 3.06. The van der Waals surface area contributed by atoms with Gasteiger partial charge in [-0.3, -0.25) is 0 Å². The van der Waals surface area contributed by atoms with E-state index in [1.54, 1.807) is 7.11 Å². The first kappa shape index (κ1) is 12.4. The molecule has 0 saturated heterocycles. The third-order valence-electron chi connectivity index (χ3n) is 3.99. The molecular formula is C15H23NO. The molecule has 1 aromatic carbocycles. The number of rotatable bonds is 5. The van der Waals surface area contributed by atoms with E-state index in [0.29, 0.717) is 5.92 Å². The zero-order chi connectivity index (χ0) is 12.1. The highest BCUT2D eigenvalue weighted by atomic mass is 16.5. The standard InChI is InChI=1S/C15H23NO/c1-17-14-8-6-13(7-9-14)15(10-11-16)12-4-2-3-5-12/h6-9,12,15H,2-5,10-11,16H2,1H3. The summed E-state index contributed by atoms with van der Waals surface area (Å²) in [6.45, 7) is 0.785. The summed E-state index contributed by atoms with van der Waals surface area (Å²) in [6, 6.07) is 8.54. The molecule has 0 aromatic heterocycles. The molecule has 1 saturated carbocycles. The minimum atomic E-state index is 0.647. The SMILES string of the molecule is COc1ccc(C(CCN)C2CCCC2)cc1. The van der Waals surface area contributed by atoms with E-state index in [1.165, 1.54) is 31.2 Å². The number of hydrogen-bond acceptors (Lipinski definition) is 2. The Kier molecular flexibility index (Phi) is 4.43. The molecule has 1 aliphatic rings. The molecule has 17 heavy (non-hydrogen) atoms. The van der Waals surface area contributed by atoms with Gasteiger partial charge in [0, 0.05) is 0 Å². The lowest BCUT2D eigenvalue weighted by molar-refractivity contribution is 0.407. The van der Waals surface area contributed by atoms with Crippen molar-refractivity contribution in [1.82, 2.24) is 0 Å². The van der Waals surface area contributed by atoms with E-state index in [-0.39, 0.29) is 0 Å². The van der Waals surface area contributed by atoms with Gasteiger partial charge >= 0.3 is 0 Å². The molecule has 1 fully saturated rings. The molecule has 0 amide bonds. The summed E-state index contributed by atoms with van der Waals surface area (Å²) in [7, 11) is 1.71. The summed E-state index contributed by atoms with van der Waals surface area (Å²) in [5.41, 5.74) is 7.20. The van der Waals surface area contributed by atoms with Gasteiger partial charge in [-0.1, -0.05) is 25.0 Å². The number of nitrogens with two attached hydrogens (primary N) is 1. The largest absolute Gasteiger partial charge is 0.497 e. The van der Waals surface area contributed by atoms with Gasteiger partial charge < -0.3 is 10.5 Å². The molecule has 94 valence electrons. The first-order chi connectivity index (χ1) is 8.35. The molecule has 0 aliphatic heterocycles. The van der Waals surface area contributed by atoms with Gasteiger partial charge in [0.15, 0.2) is 0 Å². The van der Waals surface area contributed by atoms with Gasteiger partial charge in [-0.15, -0.1) is 0 Å². The molecule has 0 spiro atoms. The van der Waals surface area contributed by atoms with E-state index < -0.39 is 0 Å².